The smallest absolute Gasteiger partial charge is 0.249 e. The van der Waals surface area contributed by atoms with Crippen LogP contribution in [0, 0.1) is 0 Å². The minimum atomic E-state index is -0.832. The van der Waals surface area contributed by atoms with Crippen molar-refractivity contribution in [3.05, 3.63) is 18.0 Å². The average molecular weight is 238 g/mol. The topological polar surface area (TPSA) is 90.4 Å². The zero-order valence-electron chi connectivity index (χ0n) is 9.66. The van der Waals surface area contributed by atoms with Gasteiger partial charge in [0.25, 0.3) is 0 Å². The number of hydrogen-bond acceptors (Lipinski definition) is 4. The quantitative estimate of drug-likeness (QED) is 0.701. The van der Waals surface area contributed by atoms with E-state index >= 15 is 0 Å². The van der Waals surface area contributed by atoms with Gasteiger partial charge in [0.2, 0.25) is 11.8 Å². The van der Waals surface area contributed by atoms with E-state index in [0.29, 0.717) is 0 Å². The number of nitrogens with two attached hydrogens (primary N) is 1. The molecule has 0 bridgehead atoms. The van der Waals surface area contributed by atoms with Crippen molar-refractivity contribution in [2.75, 3.05) is 13.7 Å². The van der Waals surface area contributed by atoms with Crippen LogP contribution in [0.25, 0.3) is 0 Å². The van der Waals surface area contributed by atoms with Crippen molar-refractivity contribution < 1.29 is 14.3 Å². The molecule has 2 rings (SSSR count). The van der Waals surface area contributed by atoms with E-state index in [2.05, 4.69) is 5.10 Å². The van der Waals surface area contributed by atoms with Gasteiger partial charge in [0.05, 0.1) is 12.2 Å². The number of aryl methyl sites for hydroxylation is 1. The molecular weight excluding hydrogens is 224 g/mol. The van der Waals surface area contributed by atoms with E-state index in [-0.39, 0.29) is 12.5 Å². The number of carbonyl (C=O) groups is 2. The lowest BCUT2D eigenvalue weighted by molar-refractivity contribution is -0.160. The molecule has 2 amide bonds. The van der Waals surface area contributed by atoms with E-state index in [9.17, 15) is 9.59 Å². The van der Waals surface area contributed by atoms with Crippen molar-refractivity contribution in [2.24, 2.45) is 12.8 Å². The van der Waals surface area contributed by atoms with Gasteiger partial charge in [-0.25, -0.2) is 0 Å². The van der Waals surface area contributed by atoms with E-state index in [4.69, 9.17) is 10.5 Å². The first-order valence-electron chi connectivity index (χ1n) is 5.16. The molecule has 2 atom stereocenters. The molecule has 1 fully saturated rings. The SMILES string of the molecule is CN1C(=O)CO[C@H](C(N)=O)[C@@H]1c1cnn(C)c1. The van der Waals surface area contributed by atoms with Gasteiger partial charge in [0.1, 0.15) is 6.61 Å². The molecule has 2 N–H and O–H groups in total. The lowest BCUT2D eigenvalue weighted by atomic mass is 10.0. The number of ether oxygens (including phenoxy) is 1. The number of amides is 2. The largest absolute Gasteiger partial charge is 0.367 e. The highest BCUT2D eigenvalue weighted by Crippen LogP contribution is 2.28. The number of morpholine rings is 1. The summed E-state index contributed by atoms with van der Waals surface area (Å²) >= 11 is 0. The molecule has 7 nitrogen and oxygen atoms in total. The van der Waals surface area contributed by atoms with Crippen LogP contribution in [-0.2, 0) is 21.4 Å². The number of primary amides is 1. The predicted molar refractivity (Wildman–Crippen MR) is 57.7 cm³/mol. The summed E-state index contributed by atoms with van der Waals surface area (Å²) in [4.78, 5) is 24.4. The number of nitrogens with zero attached hydrogens (tertiary/aromatic N) is 3. The van der Waals surface area contributed by atoms with Crippen LogP contribution in [-0.4, -0.2) is 46.3 Å². The normalized spacial score (nSPS) is 25.1. The summed E-state index contributed by atoms with van der Waals surface area (Å²) in [5.41, 5.74) is 6.01. The molecule has 1 saturated heterocycles. The maximum Gasteiger partial charge on any atom is 0.249 e. The second-order valence-electron chi connectivity index (χ2n) is 4.03. The molecule has 0 radical (unpaired) electrons. The van der Waals surface area contributed by atoms with Crippen molar-refractivity contribution in [1.82, 2.24) is 14.7 Å². The van der Waals surface area contributed by atoms with Crippen LogP contribution in [0.15, 0.2) is 12.4 Å². The summed E-state index contributed by atoms with van der Waals surface area (Å²) in [5, 5.41) is 4.02. The summed E-state index contributed by atoms with van der Waals surface area (Å²) < 4.78 is 6.79. The Bertz CT molecular complexity index is 456. The Morgan fingerprint density at radius 3 is 2.82 bits per heavy atom. The Morgan fingerprint density at radius 2 is 2.29 bits per heavy atom. The first-order valence-corrected chi connectivity index (χ1v) is 5.16. The highest BCUT2D eigenvalue weighted by Gasteiger charge is 2.39. The molecule has 2 heterocycles. The second-order valence-corrected chi connectivity index (χ2v) is 4.03. The van der Waals surface area contributed by atoms with E-state index in [0.717, 1.165) is 5.56 Å². The molecule has 1 aliphatic rings. The van der Waals surface area contributed by atoms with Crippen molar-refractivity contribution in [1.29, 1.82) is 0 Å². The van der Waals surface area contributed by atoms with Gasteiger partial charge < -0.3 is 15.4 Å². The van der Waals surface area contributed by atoms with Crippen LogP contribution in [0.1, 0.15) is 11.6 Å². The molecule has 0 aromatic carbocycles. The van der Waals surface area contributed by atoms with Gasteiger partial charge >= 0.3 is 0 Å². The molecule has 1 aromatic heterocycles. The van der Waals surface area contributed by atoms with Crippen LogP contribution in [0.5, 0.6) is 0 Å². The first-order chi connectivity index (χ1) is 8.00. The maximum absolute atomic E-state index is 11.6. The third kappa shape index (κ3) is 2.01. The molecular formula is C10H14N4O3. The number of aromatic nitrogens is 2. The Balaban J connectivity index is 2.36. The molecule has 0 saturated carbocycles. The summed E-state index contributed by atoms with van der Waals surface area (Å²) in [7, 11) is 3.38. The molecule has 17 heavy (non-hydrogen) atoms. The Labute approximate surface area is 98.1 Å². The van der Waals surface area contributed by atoms with Crippen molar-refractivity contribution in [3.8, 4) is 0 Å². The zero-order chi connectivity index (χ0) is 12.6. The fourth-order valence-electron chi connectivity index (χ4n) is 1.94. The van der Waals surface area contributed by atoms with Gasteiger partial charge in [-0.15, -0.1) is 0 Å². The fourth-order valence-corrected chi connectivity index (χ4v) is 1.94. The molecule has 7 heteroatoms. The highest BCUT2D eigenvalue weighted by molar-refractivity contribution is 5.85. The van der Waals surface area contributed by atoms with E-state index in [1.807, 2.05) is 0 Å². The lowest BCUT2D eigenvalue weighted by Crippen LogP contribution is -2.51. The van der Waals surface area contributed by atoms with Crippen LogP contribution in [0.4, 0.5) is 0 Å². The Morgan fingerprint density at radius 1 is 1.59 bits per heavy atom. The highest BCUT2D eigenvalue weighted by atomic mass is 16.5. The van der Waals surface area contributed by atoms with Gasteiger partial charge in [-0.05, 0) is 0 Å². The monoisotopic (exact) mass is 238 g/mol. The zero-order valence-corrected chi connectivity index (χ0v) is 9.66. The van der Waals surface area contributed by atoms with Gasteiger partial charge in [-0.2, -0.15) is 5.10 Å². The number of likely N-dealkylation sites (N-methyl/N-ethyl adjacent to an activating group) is 1. The number of hydrogen-bond donors (Lipinski definition) is 1. The van der Waals surface area contributed by atoms with Gasteiger partial charge in [-0.1, -0.05) is 0 Å². The lowest BCUT2D eigenvalue weighted by Gasteiger charge is -2.36. The van der Waals surface area contributed by atoms with Crippen molar-refractivity contribution in [3.63, 3.8) is 0 Å². The third-order valence-corrected chi connectivity index (χ3v) is 2.83. The predicted octanol–water partition coefficient (Wildman–Crippen LogP) is -1.20. The van der Waals surface area contributed by atoms with E-state index in [1.165, 1.54) is 4.90 Å². The fraction of sp³-hybridized carbons (Fsp3) is 0.500. The molecule has 1 aliphatic heterocycles. The van der Waals surface area contributed by atoms with Crippen LogP contribution in [0.3, 0.4) is 0 Å². The number of carbonyl (C=O) groups excluding carboxylic acids is 2. The molecule has 1 aromatic rings. The number of rotatable bonds is 2. The standard InChI is InChI=1S/C10H14N4O3/c1-13-4-6(3-12-13)8-9(10(11)16)17-5-7(15)14(8)2/h3-4,8-9H,5H2,1-2H3,(H2,11,16)/t8-,9-/m0/s1. The Kier molecular flexibility index (Phi) is 2.84. The molecule has 0 spiro atoms. The summed E-state index contributed by atoms with van der Waals surface area (Å²) in [6.07, 6.45) is 2.50. The third-order valence-electron chi connectivity index (χ3n) is 2.83. The molecule has 0 aliphatic carbocycles. The summed E-state index contributed by atoms with van der Waals surface area (Å²) in [5.74, 6) is -0.769. The minimum Gasteiger partial charge on any atom is -0.367 e. The van der Waals surface area contributed by atoms with Crippen molar-refractivity contribution >= 4 is 11.8 Å². The van der Waals surface area contributed by atoms with Crippen LogP contribution < -0.4 is 5.73 Å². The van der Waals surface area contributed by atoms with Gasteiger partial charge in [0, 0.05) is 25.9 Å². The maximum atomic E-state index is 11.6. The summed E-state index contributed by atoms with van der Waals surface area (Å²) in [6, 6.07) is -0.512. The van der Waals surface area contributed by atoms with Crippen LogP contribution in [0.2, 0.25) is 0 Å². The Hall–Kier alpha value is -1.89. The van der Waals surface area contributed by atoms with Gasteiger partial charge in [0.15, 0.2) is 6.10 Å². The van der Waals surface area contributed by atoms with Gasteiger partial charge in [-0.3, -0.25) is 14.3 Å². The second kappa shape index (κ2) is 4.17. The summed E-state index contributed by atoms with van der Waals surface area (Å²) in [6.45, 7) is -0.124. The van der Waals surface area contributed by atoms with E-state index in [1.54, 1.807) is 31.2 Å². The minimum absolute atomic E-state index is 0.124. The molecule has 0 unspecified atom stereocenters. The van der Waals surface area contributed by atoms with Crippen molar-refractivity contribution in [2.45, 2.75) is 12.1 Å². The molecule has 92 valence electrons. The van der Waals surface area contributed by atoms with Crippen LogP contribution >= 0.6 is 0 Å². The first kappa shape index (κ1) is 11.6. The average Bonchev–Trinajstić information content (AvgIpc) is 2.68. The van der Waals surface area contributed by atoms with E-state index < -0.39 is 18.1 Å².